The first-order chi connectivity index (χ1) is 13.8. The molecule has 0 saturated heterocycles. The van der Waals surface area contributed by atoms with Gasteiger partial charge < -0.3 is 9.88 Å². The van der Waals surface area contributed by atoms with Crippen LogP contribution in [0.25, 0.3) is 0 Å². The summed E-state index contributed by atoms with van der Waals surface area (Å²) in [7, 11) is 0. The third-order valence-electron chi connectivity index (χ3n) is 4.49. The average molecular weight is 400 g/mol. The first-order valence-corrected chi connectivity index (χ1v) is 8.93. The van der Waals surface area contributed by atoms with Crippen molar-refractivity contribution < 1.29 is 18.0 Å². The van der Waals surface area contributed by atoms with Gasteiger partial charge in [-0.15, -0.1) is 0 Å². The molecule has 3 aromatic rings. The van der Waals surface area contributed by atoms with Gasteiger partial charge in [0.1, 0.15) is 12.1 Å². The summed E-state index contributed by atoms with van der Waals surface area (Å²) in [5.41, 5.74) is 0.155. The van der Waals surface area contributed by atoms with E-state index < -0.39 is 35.8 Å². The zero-order valence-electron chi connectivity index (χ0n) is 15.6. The number of benzene rings is 2. The molecule has 1 atom stereocenters. The SMILES string of the molecule is Cc1ccc(C(NC(=O)Cn2cccc(C(F)(F)F)c2=O)c2ccccc2)cc1. The van der Waals surface area contributed by atoms with Crippen molar-refractivity contribution in [2.75, 3.05) is 0 Å². The van der Waals surface area contributed by atoms with Crippen LogP contribution in [0.1, 0.15) is 28.3 Å². The number of nitrogens with zero attached hydrogens (tertiary/aromatic N) is 1. The second-order valence-electron chi connectivity index (χ2n) is 6.67. The Balaban J connectivity index is 1.87. The Morgan fingerprint density at radius 3 is 2.21 bits per heavy atom. The molecule has 3 rings (SSSR count). The Kier molecular flexibility index (Phi) is 5.87. The van der Waals surface area contributed by atoms with E-state index in [1.807, 2.05) is 61.5 Å². The second-order valence-corrected chi connectivity index (χ2v) is 6.67. The Morgan fingerprint density at radius 1 is 0.966 bits per heavy atom. The molecule has 7 heteroatoms. The van der Waals surface area contributed by atoms with Crippen LogP contribution in [-0.2, 0) is 17.5 Å². The molecule has 150 valence electrons. The van der Waals surface area contributed by atoms with Gasteiger partial charge >= 0.3 is 6.18 Å². The zero-order chi connectivity index (χ0) is 21.0. The number of rotatable bonds is 5. The molecule has 0 fully saturated rings. The second kappa shape index (κ2) is 8.34. The van der Waals surface area contributed by atoms with Gasteiger partial charge in [-0.1, -0.05) is 60.2 Å². The van der Waals surface area contributed by atoms with Crippen molar-refractivity contribution in [1.29, 1.82) is 0 Å². The molecule has 1 aromatic heterocycles. The Bertz CT molecular complexity index is 1040. The largest absolute Gasteiger partial charge is 0.421 e. The van der Waals surface area contributed by atoms with Crippen molar-refractivity contribution in [3.8, 4) is 0 Å². The molecule has 0 spiro atoms. The highest BCUT2D eigenvalue weighted by atomic mass is 19.4. The standard InChI is InChI=1S/C22H19F3N2O2/c1-15-9-11-17(12-10-15)20(16-6-3-2-4-7-16)26-19(28)14-27-13-5-8-18(21(27)29)22(23,24)25/h2-13,20H,14H2,1H3,(H,26,28). The summed E-state index contributed by atoms with van der Waals surface area (Å²) in [6.45, 7) is 1.43. The van der Waals surface area contributed by atoms with Crippen LogP contribution in [0, 0.1) is 6.92 Å². The molecule has 0 aliphatic rings. The van der Waals surface area contributed by atoms with Gasteiger partial charge in [0, 0.05) is 6.20 Å². The van der Waals surface area contributed by atoms with Crippen LogP contribution in [0.5, 0.6) is 0 Å². The number of nitrogens with one attached hydrogen (secondary N) is 1. The number of hydrogen-bond acceptors (Lipinski definition) is 2. The lowest BCUT2D eigenvalue weighted by Crippen LogP contribution is -2.36. The van der Waals surface area contributed by atoms with Gasteiger partial charge in [0.25, 0.3) is 5.56 Å². The number of pyridine rings is 1. The first-order valence-electron chi connectivity index (χ1n) is 8.93. The van der Waals surface area contributed by atoms with Crippen molar-refractivity contribution >= 4 is 5.91 Å². The first kappa shape index (κ1) is 20.4. The highest BCUT2D eigenvalue weighted by Crippen LogP contribution is 2.26. The maximum atomic E-state index is 12.9. The minimum Gasteiger partial charge on any atom is -0.344 e. The van der Waals surface area contributed by atoms with Crippen LogP contribution in [0.3, 0.4) is 0 Å². The highest BCUT2D eigenvalue weighted by Gasteiger charge is 2.34. The van der Waals surface area contributed by atoms with Crippen molar-refractivity contribution in [3.63, 3.8) is 0 Å². The number of aromatic nitrogens is 1. The maximum absolute atomic E-state index is 12.9. The molecule has 1 N–H and O–H groups in total. The van der Waals surface area contributed by atoms with Crippen molar-refractivity contribution in [3.05, 3.63) is 106 Å². The van der Waals surface area contributed by atoms with Crippen molar-refractivity contribution in [2.45, 2.75) is 25.7 Å². The van der Waals surface area contributed by atoms with Gasteiger partial charge in [0.2, 0.25) is 5.91 Å². The Labute approximate surface area is 165 Å². The normalized spacial score (nSPS) is 12.4. The number of aryl methyl sites for hydroxylation is 1. The van der Waals surface area contributed by atoms with E-state index in [1.165, 1.54) is 6.20 Å². The fourth-order valence-corrected chi connectivity index (χ4v) is 3.00. The van der Waals surface area contributed by atoms with Crippen LogP contribution in [0.4, 0.5) is 13.2 Å². The van der Waals surface area contributed by atoms with E-state index in [4.69, 9.17) is 0 Å². The van der Waals surface area contributed by atoms with E-state index in [9.17, 15) is 22.8 Å². The lowest BCUT2D eigenvalue weighted by atomic mass is 9.98. The highest BCUT2D eigenvalue weighted by molar-refractivity contribution is 5.76. The summed E-state index contributed by atoms with van der Waals surface area (Å²) >= 11 is 0. The van der Waals surface area contributed by atoms with Gasteiger partial charge in [-0.25, -0.2) is 0 Å². The summed E-state index contributed by atoms with van der Waals surface area (Å²) in [6, 6.07) is 18.1. The number of carbonyl (C=O) groups is 1. The monoisotopic (exact) mass is 400 g/mol. The number of alkyl halides is 3. The summed E-state index contributed by atoms with van der Waals surface area (Å²) in [5, 5.41) is 2.82. The lowest BCUT2D eigenvalue weighted by Gasteiger charge is -2.20. The summed E-state index contributed by atoms with van der Waals surface area (Å²) in [6.07, 6.45) is -3.61. The van der Waals surface area contributed by atoms with E-state index in [1.54, 1.807) is 0 Å². The summed E-state index contributed by atoms with van der Waals surface area (Å²) in [4.78, 5) is 24.7. The minimum absolute atomic E-state index is 0.495. The Hall–Kier alpha value is -3.35. The van der Waals surface area contributed by atoms with Gasteiger partial charge in [-0.3, -0.25) is 9.59 Å². The third-order valence-corrected chi connectivity index (χ3v) is 4.49. The zero-order valence-corrected chi connectivity index (χ0v) is 15.6. The van der Waals surface area contributed by atoms with Gasteiger partial charge in [0.05, 0.1) is 6.04 Å². The van der Waals surface area contributed by atoms with E-state index >= 15 is 0 Å². The van der Waals surface area contributed by atoms with Crippen LogP contribution >= 0.6 is 0 Å². The topological polar surface area (TPSA) is 51.1 Å². The maximum Gasteiger partial charge on any atom is 0.421 e. The Morgan fingerprint density at radius 2 is 1.59 bits per heavy atom. The molecular weight excluding hydrogens is 381 g/mol. The van der Waals surface area contributed by atoms with Gasteiger partial charge in [0.15, 0.2) is 0 Å². The number of hydrogen-bond donors (Lipinski definition) is 1. The van der Waals surface area contributed by atoms with Crippen LogP contribution < -0.4 is 10.9 Å². The fourth-order valence-electron chi connectivity index (χ4n) is 3.00. The molecule has 4 nitrogen and oxygen atoms in total. The molecule has 1 heterocycles. The molecule has 2 aromatic carbocycles. The number of carbonyl (C=O) groups excluding carboxylic acids is 1. The van der Waals surface area contributed by atoms with Crippen molar-refractivity contribution in [1.82, 2.24) is 9.88 Å². The van der Waals surface area contributed by atoms with E-state index in [2.05, 4.69) is 5.32 Å². The van der Waals surface area contributed by atoms with Gasteiger partial charge in [-0.05, 0) is 30.2 Å². The summed E-state index contributed by atoms with van der Waals surface area (Å²) in [5.74, 6) is -0.569. The molecule has 1 amide bonds. The molecule has 1 unspecified atom stereocenters. The van der Waals surface area contributed by atoms with E-state index in [-0.39, 0.29) is 0 Å². The van der Waals surface area contributed by atoms with E-state index in [0.717, 1.165) is 27.3 Å². The third kappa shape index (κ3) is 4.93. The molecule has 0 bridgehead atoms. The van der Waals surface area contributed by atoms with Crippen LogP contribution in [0.2, 0.25) is 0 Å². The molecule has 0 saturated carbocycles. The predicted octanol–water partition coefficient (Wildman–Crippen LogP) is 4.08. The fraction of sp³-hybridized carbons (Fsp3) is 0.182. The minimum atomic E-state index is -4.77. The summed E-state index contributed by atoms with van der Waals surface area (Å²) < 4.78 is 39.6. The molecule has 0 radical (unpaired) electrons. The molecule has 29 heavy (non-hydrogen) atoms. The molecular formula is C22H19F3N2O2. The van der Waals surface area contributed by atoms with Crippen LogP contribution in [0.15, 0.2) is 77.7 Å². The number of halogens is 3. The predicted molar refractivity (Wildman–Crippen MR) is 103 cm³/mol. The van der Waals surface area contributed by atoms with Crippen LogP contribution in [-0.4, -0.2) is 10.5 Å². The lowest BCUT2D eigenvalue weighted by molar-refractivity contribution is -0.139. The quantitative estimate of drug-likeness (QED) is 0.702. The molecule has 0 aliphatic heterocycles. The smallest absolute Gasteiger partial charge is 0.344 e. The number of amides is 1. The van der Waals surface area contributed by atoms with Gasteiger partial charge in [-0.2, -0.15) is 13.2 Å². The van der Waals surface area contributed by atoms with Crippen molar-refractivity contribution in [2.24, 2.45) is 0 Å². The van der Waals surface area contributed by atoms with E-state index in [0.29, 0.717) is 6.07 Å². The molecule has 0 aliphatic carbocycles. The average Bonchev–Trinajstić information content (AvgIpc) is 2.68.